The summed E-state index contributed by atoms with van der Waals surface area (Å²) in [6.45, 7) is 3.01. The van der Waals surface area contributed by atoms with Gasteiger partial charge in [0.25, 0.3) is 0 Å². The highest BCUT2D eigenvalue weighted by Gasteiger charge is 2.03. The van der Waals surface area contributed by atoms with Crippen LogP contribution in [0.15, 0.2) is 30.3 Å². The van der Waals surface area contributed by atoms with E-state index < -0.39 is 0 Å². The van der Waals surface area contributed by atoms with Crippen LogP contribution in [0.4, 0.5) is 0 Å². The van der Waals surface area contributed by atoms with E-state index in [2.05, 4.69) is 6.92 Å². The molecule has 166 valence electrons. The van der Waals surface area contributed by atoms with E-state index >= 15 is 0 Å². The summed E-state index contributed by atoms with van der Waals surface area (Å²) in [5, 5.41) is 0. The Bertz CT molecular complexity index is 472. The van der Waals surface area contributed by atoms with Gasteiger partial charge >= 0.3 is 5.97 Å². The summed E-state index contributed by atoms with van der Waals surface area (Å²) in [6, 6.07) is 9.61. The third kappa shape index (κ3) is 17.1. The number of unbranched alkanes of at least 4 members (excludes halogenated alkanes) is 14. The molecule has 29 heavy (non-hydrogen) atoms. The number of para-hydroxylation sites is 1. The maximum atomic E-state index is 11.7. The van der Waals surface area contributed by atoms with Crippen LogP contribution in [0.3, 0.4) is 0 Å². The highest BCUT2D eigenvalue weighted by Crippen LogP contribution is 2.14. The molecule has 3 nitrogen and oxygen atoms in total. The molecule has 0 aromatic heterocycles. The molecule has 0 spiro atoms. The number of carbonyl (C=O) groups is 1. The lowest BCUT2D eigenvalue weighted by Gasteiger charge is -2.07. The van der Waals surface area contributed by atoms with Gasteiger partial charge in [-0.15, -0.1) is 0 Å². The van der Waals surface area contributed by atoms with Gasteiger partial charge in [-0.05, 0) is 18.6 Å². The molecular weight excluding hydrogens is 360 g/mol. The Morgan fingerprint density at radius 2 is 1.14 bits per heavy atom. The molecule has 0 saturated carbocycles. The molecule has 0 N–H and O–H groups in total. The van der Waals surface area contributed by atoms with E-state index in [0.29, 0.717) is 19.6 Å². The van der Waals surface area contributed by atoms with E-state index in [1.165, 1.54) is 83.5 Å². The van der Waals surface area contributed by atoms with Crippen molar-refractivity contribution in [3.8, 4) is 5.75 Å². The Kier molecular flexibility index (Phi) is 17.4. The molecule has 0 unspecified atom stereocenters. The molecule has 1 rings (SSSR count). The topological polar surface area (TPSA) is 35.5 Å². The van der Waals surface area contributed by atoms with E-state index in [1.54, 1.807) is 0 Å². The molecule has 0 aliphatic rings. The number of hydrogen-bond donors (Lipinski definition) is 0. The van der Waals surface area contributed by atoms with Gasteiger partial charge in [-0.1, -0.05) is 115 Å². The Labute approximate surface area is 179 Å². The number of carbonyl (C=O) groups excluding carboxylic acids is 1. The maximum Gasteiger partial charge on any atom is 0.305 e. The van der Waals surface area contributed by atoms with Crippen molar-refractivity contribution in [2.45, 2.75) is 110 Å². The maximum absolute atomic E-state index is 11.7. The van der Waals surface area contributed by atoms with Crippen LogP contribution in [0, 0.1) is 0 Å². The molecule has 3 heteroatoms. The first-order chi connectivity index (χ1) is 14.3. The lowest BCUT2D eigenvalue weighted by Crippen LogP contribution is -2.11. The highest BCUT2D eigenvalue weighted by atomic mass is 16.6. The standard InChI is InChI=1S/C26H44O3/c1-2-3-4-5-6-7-8-9-10-11-12-13-14-15-19-22-26(27)29-24-23-28-25-20-17-16-18-21-25/h16-18,20-21H,2-15,19,22-24H2,1H3. The second-order valence-corrected chi connectivity index (χ2v) is 8.08. The van der Waals surface area contributed by atoms with E-state index in [4.69, 9.17) is 9.47 Å². The predicted molar refractivity (Wildman–Crippen MR) is 122 cm³/mol. The van der Waals surface area contributed by atoms with Crippen molar-refractivity contribution in [2.24, 2.45) is 0 Å². The van der Waals surface area contributed by atoms with Gasteiger partial charge in [-0.3, -0.25) is 4.79 Å². The van der Waals surface area contributed by atoms with Crippen molar-refractivity contribution < 1.29 is 14.3 Å². The summed E-state index contributed by atoms with van der Waals surface area (Å²) in [5.74, 6) is 0.710. The SMILES string of the molecule is CCCCCCCCCCCCCCCCCC(=O)OCCOc1ccccc1. The van der Waals surface area contributed by atoms with Crippen LogP contribution in [0.25, 0.3) is 0 Å². The summed E-state index contributed by atoms with van der Waals surface area (Å²) in [4.78, 5) is 11.7. The Morgan fingerprint density at radius 3 is 1.66 bits per heavy atom. The Hall–Kier alpha value is -1.51. The summed E-state index contributed by atoms with van der Waals surface area (Å²) in [6.07, 6.45) is 20.6. The molecule has 0 radical (unpaired) electrons. The van der Waals surface area contributed by atoms with Gasteiger partial charge < -0.3 is 9.47 Å². The average molecular weight is 405 g/mol. The Morgan fingerprint density at radius 1 is 0.655 bits per heavy atom. The molecule has 1 aromatic carbocycles. The van der Waals surface area contributed by atoms with E-state index in [-0.39, 0.29) is 5.97 Å². The van der Waals surface area contributed by atoms with Gasteiger partial charge in [0.1, 0.15) is 19.0 Å². The highest BCUT2D eigenvalue weighted by molar-refractivity contribution is 5.69. The van der Waals surface area contributed by atoms with Crippen molar-refractivity contribution in [1.29, 1.82) is 0 Å². The average Bonchev–Trinajstić information content (AvgIpc) is 2.75. The number of benzene rings is 1. The molecular formula is C26H44O3. The third-order valence-electron chi connectivity index (χ3n) is 5.34. The van der Waals surface area contributed by atoms with Crippen LogP contribution >= 0.6 is 0 Å². The van der Waals surface area contributed by atoms with Gasteiger partial charge in [0.05, 0.1) is 0 Å². The van der Waals surface area contributed by atoms with Gasteiger partial charge in [-0.25, -0.2) is 0 Å². The van der Waals surface area contributed by atoms with Crippen LogP contribution in [0.2, 0.25) is 0 Å². The second-order valence-electron chi connectivity index (χ2n) is 8.08. The van der Waals surface area contributed by atoms with Crippen molar-refractivity contribution in [1.82, 2.24) is 0 Å². The molecule has 0 amide bonds. The van der Waals surface area contributed by atoms with Gasteiger partial charge in [0.15, 0.2) is 0 Å². The summed E-state index contributed by atoms with van der Waals surface area (Å²) in [7, 11) is 0. The first-order valence-corrected chi connectivity index (χ1v) is 12.2. The fraction of sp³-hybridized carbons (Fsp3) is 0.731. The van der Waals surface area contributed by atoms with Crippen molar-refractivity contribution in [3.05, 3.63) is 30.3 Å². The van der Waals surface area contributed by atoms with E-state index in [0.717, 1.165) is 18.6 Å². The zero-order valence-corrected chi connectivity index (χ0v) is 18.8. The van der Waals surface area contributed by atoms with Crippen LogP contribution in [0.1, 0.15) is 110 Å². The molecule has 0 atom stereocenters. The fourth-order valence-electron chi connectivity index (χ4n) is 3.54. The molecule has 0 bridgehead atoms. The lowest BCUT2D eigenvalue weighted by molar-refractivity contribution is -0.144. The lowest BCUT2D eigenvalue weighted by atomic mass is 10.0. The van der Waals surface area contributed by atoms with Crippen LogP contribution < -0.4 is 4.74 Å². The fourth-order valence-corrected chi connectivity index (χ4v) is 3.54. The van der Waals surface area contributed by atoms with Crippen molar-refractivity contribution in [3.63, 3.8) is 0 Å². The quantitative estimate of drug-likeness (QED) is 0.164. The van der Waals surface area contributed by atoms with Crippen LogP contribution in [-0.2, 0) is 9.53 Å². The summed E-state index contributed by atoms with van der Waals surface area (Å²) in [5.41, 5.74) is 0. The Balaban J connectivity index is 1.75. The van der Waals surface area contributed by atoms with Gasteiger partial charge in [0.2, 0.25) is 0 Å². The van der Waals surface area contributed by atoms with Crippen molar-refractivity contribution >= 4 is 5.97 Å². The summed E-state index contributed by atoms with van der Waals surface area (Å²) < 4.78 is 10.7. The molecule has 0 heterocycles. The zero-order valence-electron chi connectivity index (χ0n) is 18.8. The largest absolute Gasteiger partial charge is 0.490 e. The summed E-state index contributed by atoms with van der Waals surface area (Å²) >= 11 is 0. The first kappa shape index (κ1) is 25.5. The van der Waals surface area contributed by atoms with Gasteiger partial charge in [-0.2, -0.15) is 0 Å². The molecule has 1 aromatic rings. The minimum absolute atomic E-state index is 0.101. The van der Waals surface area contributed by atoms with Crippen molar-refractivity contribution in [2.75, 3.05) is 13.2 Å². The molecule has 0 aliphatic carbocycles. The minimum Gasteiger partial charge on any atom is -0.490 e. The van der Waals surface area contributed by atoms with Gasteiger partial charge in [0, 0.05) is 6.42 Å². The minimum atomic E-state index is -0.101. The predicted octanol–water partition coefficient (Wildman–Crippen LogP) is 7.87. The van der Waals surface area contributed by atoms with E-state index in [1.807, 2.05) is 30.3 Å². The van der Waals surface area contributed by atoms with Crippen LogP contribution in [0.5, 0.6) is 5.75 Å². The molecule has 0 fully saturated rings. The molecule has 0 aliphatic heterocycles. The smallest absolute Gasteiger partial charge is 0.305 e. The number of hydrogen-bond acceptors (Lipinski definition) is 3. The molecule has 0 saturated heterocycles. The number of esters is 1. The number of ether oxygens (including phenoxy) is 2. The first-order valence-electron chi connectivity index (χ1n) is 12.2. The second kappa shape index (κ2) is 19.8. The monoisotopic (exact) mass is 404 g/mol. The van der Waals surface area contributed by atoms with Crippen LogP contribution in [-0.4, -0.2) is 19.2 Å². The van der Waals surface area contributed by atoms with E-state index in [9.17, 15) is 4.79 Å². The zero-order chi connectivity index (χ0) is 20.8. The third-order valence-corrected chi connectivity index (χ3v) is 5.34. The normalized spacial score (nSPS) is 10.8. The number of rotatable bonds is 20.